The number of aromatic nitrogens is 1. The van der Waals surface area contributed by atoms with Crippen LogP contribution in [0.15, 0.2) is 60.7 Å². The molecule has 154 valence electrons. The van der Waals surface area contributed by atoms with Gasteiger partial charge in [0.1, 0.15) is 0 Å². The Labute approximate surface area is 184 Å². The first-order chi connectivity index (χ1) is 14.8. The van der Waals surface area contributed by atoms with Gasteiger partial charge in [0.15, 0.2) is 0 Å². The van der Waals surface area contributed by atoms with Gasteiger partial charge in [-0.3, -0.25) is 0 Å². The summed E-state index contributed by atoms with van der Waals surface area (Å²) < 4.78 is 0. The van der Waals surface area contributed by atoms with Crippen LogP contribution >= 0.6 is 0 Å². The van der Waals surface area contributed by atoms with Crippen LogP contribution in [0.3, 0.4) is 0 Å². The highest BCUT2D eigenvalue weighted by molar-refractivity contribution is 6.09. The Balaban J connectivity index is 1.65. The highest BCUT2D eigenvalue weighted by atomic mass is 14.7. The van der Waals surface area contributed by atoms with E-state index >= 15 is 0 Å². The molecule has 5 rings (SSSR count). The molecule has 0 saturated heterocycles. The van der Waals surface area contributed by atoms with E-state index < -0.39 is 0 Å². The predicted octanol–water partition coefficient (Wildman–Crippen LogP) is 8.51. The van der Waals surface area contributed by atoms with Gasteiger partial charge in [-0.1, -0.05) is 48.5 Å². The van der Waals surface area contributed by atoms with E-state index in [4.69, 9.17) is 0 Å². The van der Waals surface area contributed by atoms with Crippen LogP contribution < -0.4 is 0 Å². The number of rotatable bonds is 2. The summed E-state index contributed by atoms with van der Waals surface area (Å²) in [6.45, 7) is 13.2. The number of fused-ring (bicyclic) bond motifs is 3. The zero-order valence-electron chi connectivity index (χ0n) is 19.3. The Bertz CT molecular complexity index is 1370. The van der Waals surface area contributed by atoms with Crippen LogP contribution in [0.5, 0.6) is 0 Å². The summed E-state index contributed by atoms with van der Waals surface area (Å²) in [7, 11) is 0. The van der Waals surface area contributed by atoms with Crippen molar-refractivity contribution in [2.24, 2.45) is 0 Å². The molecule has 1 nitrogen and oxygen atoms in total. The molecule has 0 atom stereocenters. The van der Waals surface area contributed by atoms with Crippen LogP contribution in [0.4, 0.5) is 0 Å². The number of hydrogen-bond donors (Lipinski definition) is 1. The van der Waals surface area contributed by atoms with Gasteiger partial charge in [-0.15, -0.1) is 0 Å². The summed E-state index contributed by atoms with van der Waals surface area (Å²) in [5.74, 6) is 0. The van der Waals surface area contributed by atoms with Crippen molar-refractivity contribution in [1.82, 2.24) is 4.98 Å². The van der Waals surface area contributed by atoms with Crippen molar-refractivity contribution in [2.75, 3.05) is 0 Å². The molecule has 1 N–H and O–H groups in total. The topological polar surface area (TPSA) is 15.8 Å². The monoisotopic (exact) mass is 403 g/mol. The Hall–Kier alpha value is -3.32. The molecule has 0 aliphatic heterocycles. The summed E-state index contributed by atoms with van der Waals surface area (Å²) >= 11 is 0. The van der Waals surface area contributed by atoms with Crippen LogP contribution in [-0.2, 0) is 0 Å². The first-order valence-electron chi connectivity index (χ1n) is 11.0. The van der Waals surface area contributed by atoms with Gasteiger partial charge in [-0.25, -0.2) is 0 Å². The van der Waals surface area contributed by atoms with Gasteiger partial charge in [0.25, 0.3) is 0 Å². The second kappa shape index (κ2) is 7.13. The lowest BCUT2D eigenvalue weighted by molar-refractivity contribution is 1.27. The third-order valence-electron chi connectivity index (χ3n) is 7.34. The largest absolute Gasteiger partial charge is 0.354 e. The molecule has 0 aliphatic rings. The minimum atomic E-state index is 1.19. The lowest BCUT2D eigenvalue weighted by atomic mass is 9.93. The SMILES string of the molecule is Cc1ccc(-c2ccc3c(c2)[nH]c2cc(-c4ccc(C)c(C)c4C)ccc23)c(C)c1C. The minimum Gasteiger partial charge on any atom is -0.354 e. The smallest absolute Gasteiger partial charge is 0.0471 e. The molecule has 1 aromatic heterocycles. The van der Waals surface area contributed by atoms with Gasteiger partial charge < -0.3 is 4.98 Å². The van der Waals surface area contributed by atoms with Crippen molar-refractivity contribution < 1.29 is 0 Å². The Kier molecular flexibility index (Phi) is 4.51. The Morgan fingerprint density at radius 3 is 1.29 bits per heavy atom. The lowest BCUT2D eigenvalue weighted by Crippen LogP contribution is -1.90. The molecule has 1 heteroatoms. The number of benzene rings is 4. The standard InChI is InChI=1S/C30H29N/c1-17-7-11-25(21(5)19(17)3)23-9-13-27-28-14-10-24(16-30(28)31-29(27)15-23)26-12-8-18(2)20(4)22(26)6/h7-16,31H,1-6H3. The molecule has 0 spiro atoms. The minimum absolute atomic E-state index is 1.19. The van der Waals surface area contributed by atoms with Crippen LogP contribution in [0.1, 0.15) is 33.4 Å². The van der Waals surface area contributed by atoms with Crippen LogP contribution in [0.2, 0.25) is 0 Å². The molecule has 1 heterocycles. The quantitative estimate of drug-likeness (QED) is 0.304. The number of nitrogens with one attached hydrogen (secondary N) is 1. The third kappa shape index (κ3) is 3.08. The second-order valence-corrected chi connectivity index (χ2v) is 9.01. The predicted molar refractivity (Wildman–Crippen MR) is 135 cm³/mol. The van der Waals surface area contributed by atoms with Gasteiger partial charge in [-0.05, 0) is 109 Å². The third-order valence-corrected chi connectivity index (χ3v) is 7.34. The molecule has 0 unspecified atom stereocenters. The van der Waals surface area contributed by atoms with Crippen LogP contribution in [-0.4, -0.2) is 4.98 Å². The molecule has 31 heavy (non-hydrogen) atoms. The summed E-state index contributed by atoms with van der Waals surface area (Å²) in [5.41, 5.74) is 15.7. The van der Waals surface area contributed by atoms with Crippen LogP contribution in [0, 0.1) is 41.5 Å². The van der Waals surface area contributed by atoms with Gasteiger partial charge in [0.05, 0.1) is 0 Å². The van der Waals surface area contributed by atoms with Crippen molar-refractivity contribution >= 4 is 21.8 Å². The lowest BCUT2D eigenvalue weighted by Gasteiger charge is -2.11. The molecule has 0 aliphatic carbocycles. The van der Waals surface area contributed by atoms with E-state index in [1.165, 1.54) is 77.4 Å². The van der Waals surface area contributed by atoms with Gasteiger partial charge >= 0.3 is 0 Å². The first-order valence-corrected chi connectivity index (χ1v) is 11.0. The average molecular weight is 404 g/mol. The van der Waals surface area contributed by atoms with Crippen molar-refractivity contribution in [3.05, 3.63) is 94.0 Å². The van der Waals surface area contributed by atoms with Crippen molar-refractivity contribution in [3.8, 4) is 22.3 Å². The molecule has 4 aromatic carbocycles. The number of H-pyrrole nitrogens is 1. The maximum Gasteiger partial charge on any atom is 0.0471 e. The molecular weight excluding hydrogens is 374 g/mol. The Morgan fingerprint density at radius 2 is 0.871 bits per heavy atom. The molecule has 0 saturated carbocycles. The first kappa shape index (κ1) is 19.6. The second-order valence-electron chi connectivity index (χ2n) is 9.01. The normalized spacial score (nSPS) is 11.5. The van der Waals surface area contributed by atoms with E-state index in [0.29, 0.717) is 0 Å². The summed E-state index contributed by atoms with van der Waals surface area (Å²) in [4.78, 5) is 3.69. The van der Waals surface area contributed by atoms with E-state index in [1.807, 2.05) is 0 Å². The van der Waals surface area contributed by atoms with E-state index in [2.05, 4.69) is 107 Å². The van der Waals surface area contributed by atoms with Gasteiger partial charge in [0.2, 0.25) is 0 Å². The highest BCUT2D eigenvalue weighted by Gasteiger charge is 2.12. The molecule has 5 aromatic rings. The zero-order valence-corrected chi connectivity index (χ0v) is 19.3. The fourth-order valence-corrected chi connectivity index (χ4v) is 4.78. The summed E-state index contributed by atoms with van der Waals surface area (Å²) in [6.07, 6.45) is 0. The van der Waals surface area contributed by atoms with E-state index in [9.17, 15) is 0 Å². The Morgan fingerprint density at radius 1 is 0.452 bits per heavy atom. The fourth-order valence-electron chi connectivity index (χ4n) is 4.78. The van der Waals surface area contributed by atoms with E-state index in [1.54, 1.807) is 0 Å². The molecular formula is C30H29N. The number of hydrogen-bond acceptors (Lipinski definition) is 0. The van der Waals surface area contributed by atoms with Crippen molar-refractivity contribution in [1.29, 1.82) is 0 Å². The summed E-state index contributed by atoms with van der Waals surface area (Å²) in [5, 5.41) is 2.56. The van der Waals surface area contributed by atoms with Gasteiger partial charge in [0, 0.05) is 21.8 Å². The number of aromatic amines is 1. The maximum absolute atomic E-state index is 3.69. The van der Waals surface area contributed by atoms with Crippen molar-refractivity contribution in [2.45, 2.75) is 41.5 Å². The van der Waals surface area contributed by atoms with Crippen LogP contribution in [0.25, 0.3) is 44.1 Å². The fraction of sp³-hybridized carbons (Fsp3) is 0.200. The maximum atomic E-state index is 3.69. The van der Waals surface area contributed by atoms with Gasteiger partial charge in [-0.2, -0.15) is 0 Å². The zero-order chi connectivity index (χ0) is 21.9. The molecule has 0 amide bonds. The highest BCUT2D eigenvalue weighted by Crippen LogP contribution is 2.35. The van der Waals surface area contributed by atoms with E-state index in [-0.39, 0.29) is 0 Å². The average Bonchev–Trinajstić information content (AvgIpc) is 3.13. The molecule has 0 fully saturated rings. The molecule has 0 bridgehead atoms. The summed E-state index contributed by atoms with van der Waals surface area (Å²) in [6, 6.07) is 22.6. The number of aryl methyl sites for hydroxylation is 2. The van der Waals surface area contributed by atoms with E-state index in [0.717, 1.165) is 0 Å². The van der Waals surface area contributed by atoms with Crippen molar-refractivity contribution in [3.63, 3.8) is 0 Å². The molecule has 0 radical (unpaired) electrons.